The Kier molecular flexibility index (Phi) is 9.35. The summed E-state index contributed by atoms with van der Waals surface area (Å²) in [6, 6.07) is 12.6. The second kappa shape index (κ2) is 11.5. The maximum absolute atomic E-state index is 13.2. The van der Waals surface area contributed by atoms with Crippen molar-refractivity contribution < 1.29 is 19.1 Å². The number of carbonyl (C=O) groups excluding carboxylic acids is 2. The lowest BCUT2D eigenvalue weighted by Crippen LogP contribution is -2.50. The smallest absolute Gasteiger partial charge is 0.261 e. The van der Waals surface area contributed by atoms with Crippen molar-refractivity contribution in [1.29, 1.82) is 0 Å². The first-order valence-electron chi connectivity index (χ1n) is 11.1. The molecule has 0 aliphatic rings. The van der Waals surface area contributed by atoms with Gasteiger partial charge >= 0.3 is 0 Å². The molecule has 0 fully saturated rings. The van der Waals surface area contributed by atoms with Crippen LogP contribution in [0.4, 0.5) is 0 Å². The summed E-state index contributed by atoms with van der Waals surface area (Å²) < 4.78 is 11.8. The van der Waals surface area contributed by atoms with Crippen LogP contribution in [0.15, 0.2) is 46.9 Å². The van der Waals surface area contributed by atoms with Crippen LogP contribution in [0.3, 0.4) is 0 Å². The molecule has 2 amide bonds. The van der Waals surface area contributed by atoms with E-state index in [4.69, 9.17) is 9.47 Å². The molecule has 0 aliphatic heterocycles. The summed E-state index contributed by atoms with van der Waals surface area (Å²) in [5.41, 5.74) is 2.06. The SMILES string of the molecule is COc1ccc(CN(C(=O)COc2ccc(C(C)(C)C)cc2Br)[C@H](C)C(=O)NC(C)C)cc1. The molecule has 1 atom stereocenters. The van der Waals surface area contributed by atoms with Gasteiger partial charge in [-0.1, -0.05) is 39.0 Å². The molecule has 2 aromatic rings. The summed E-state index contributed by atoms with van der Waals surface area (Å²) in [5, 5.41) is 2.88. The molecule has 0 aliphatic carbocycles. The van der Waals surface area contributed by atoms with Crippen LogP contribution in [0.5, 0.6) is 11.5 Å². The number of ether oxygens (including phenoxy) is 2. The highest BCUT2D eigenvalue weighted by molar-refractivity contribution is 9.10. The van der Waals surface area contributed by atoms with Gasteiger partial charge in [-0.3, -0.25) is 9.59 Å². The van der Waals surface area contributed by atoms with Gasteiger partial charge in [-0.2, -0.15) is 0 Å². The highest BCUT2D eigenvalue weighted by Crippen LogP contribution is 2.31. The molecule has 0 heterocycles. The van der Waals surface area contributed by atoms with Crippen LogP contribution in [0.1, 0.15) is 52.7 Å². The quantitative estimate of drug-likeness (QED) is 0.502. The minimum absolute atomic E-state index is 0.00520. The van der Waals surface area contributed by atoms with Crippen LogP contribution in [-0.4, -0.2) is 42.5 Å². The largest absolute Gasteiger partial charge is 0.497 e. The summed E-state index contributed by atoms with van der Waals surface area (Å²) >= 11 is 3.55. The van der Waals surface area contributed by atoms with Crippen molar-refractivity contribution in [2.45, 2.75) is 65.6 Å². The Bertz CT molecular complexity index is 952. The van der Waals surface area contributed by atoms with Crippen molar-refractivity contribution in [2.75, 3.05) is 13.7 Å². The molecule has 0 saturated heterocycles. The predicted octanol–water partition coefficient (Wildman–Crippen LogP) is 5.08. The first-order valence-corrected chi connectivity index (χ1v) is 11.9. The van der Waals surface area contributed by atoms with Gasteiger partial charge in [-0.25, -0.2) is 0 Å². The fraction of sp³-hybridized carbons (Fsp3) is 0.462. The molecule has 2 aromatic carbocycles. The van der Waals surface area contributed by atoms with E-state index in [2.05, 4.69) is 42.0 Å². The fourth-order valence-corrected chi connectivity index (χ4v) is 3.72. The number of hydrogen-bond acceptors (Lipinski definition) is 4. The lowest BCUT2D eigenvalue weighted by atomic mass is 9.87. The van der Waals surface area contributed by atoms with E-state index in [1.807, 2.05) is 56.3 Å². The molecule has 7 heteroatoms. The van der Waals surface area contributed by atoms with Gasteiger partial charge in [0.2, 0.25) is 5.91 Å². The van der Waals surface area contributed by atoms with Gasteiger partial charge in [0, 0.05) is 12.6 Å². The van der Waals surface area contributed by atoms with Gasteiger partial charge in [-0.15, -0.1) is 0 Å². The van der Waals surface area contributed by atoms with E-state index in [0.29, 0.717) is 5.75 Å². The third-order valence-electron chi connectivity index (χ3n) is 5.26. The van der Waals surface area contributed by atoms with Gasteiger partial charge in [0.1, 0.15) is 17.5 Å². The van der Waals surface area contributed by atoms with Crippen molar-refractivity contribution >= 4 is 27.7 Å². The third-order valence-corrected chi connectivity index (χ3v) is 5.88. The number of carbonyl (C=O) groups is 2. The van der Waals surface area contributed by atoms with Crippen LogP contribution in [0.25, 0.3) is 0 Å². The van der Waals surface area contributed by atoms with Gasteiger partial charge in [-0.05, 0) is 77.5 Å². The Balaban J connectivity index is 2.19. The molecule has 0 aromatic heterocycles. The summed E-state index contributed by atoms with van der Waals surface area (Å²) in [6.07, 6.45) is 0. The number of hydrogen-bond donors (Lipinski definition) is 1. The molecule has 0 saturated carbocycles. The van der Waals surface area contributed by atoms with E-state index >= 15 is 0 Å². The number of rotatable bonds is 9. The van der Waals surface area contributed by atoms with Crippen molar-refractivity contribution in [2.24, 2.45) is 0 Å². The first kappa shape index (κ1) is 26.7. The molecule has 0 spiro atoms. The number of benzene rings is 2. The molecule has 0 radical (unpaired) electrons. The standard InChI is InChI=1S/C26H35BrN2O4/c1-17(2)28-25(31)18(3)29(15-19-8-11-21(32-7)12-9-19)24(30)16-33-23-13-10-20(14-22(23)27)26(4,5)6/h8-14,17-18H,15-16H2,1-7H3,(H,28,31)/t18-/m1/s1. The molecular formula is C26H35BrN2O4. The zero-order valence-electron chi connectivity index (χ0n) is 20.6. The molecule has 6 nitrogen and oxygen atoms in total. The summed E-state index contributed by atoms with van der Waals surface area (Å²) in [4.78, 5) is 27.4. The number of nitrogens with one attached hydrogen (secondary N) is 1. The van der Waals surface area contributed by atoms with Crippen LogP contribution in [0.2, 0.25) is 0 Å². The van der Waals surface area contributed by atoms with Crippen LogP contribution >= 0.6 is 15.9 Å². The normalized spacial score (nSPS) is 12.3. The van der Waals surface area contributed by atoms with Crippen molar-refractivity contribution in [3.8, 4) is 11.5 Å². The second-order valence-electron chi connectivity index (χ2n) is 9.39. The highest BCUT2D eigenvalue weighted by Gasteiger charge is 2.27. The zero-order chi connectivity index (χ0) is 24.8. The first-order chi connectivity index (χ1) is 15.4. The van der Waals surface area contributed by atoms with Gasteiger partial charge in [0.05, 0.1) is 11.6 Å². The Labute approximate surface area is 205 Å². The van der Waals surface area contributed by atoms with Crippen molar-refractivity contribution in [3.63, 3.8) is 0 Å². The predicted molar refractivity (Wildman–Crippen MR) is 135 cm³/mol. The van der Waals surface area contributed by atoms with Crippen LogP contribution < -0.4 is 14.8 Å². The molecule has 2 rings (SSSR count). The molecule has 0 bridgehead atoms. The molecule has 180 valence electrons. The van der Waals surface area contributed by atoms with Crippen molar-refractivity contribution in [3.05, 3.63) is 58.1 Å². The average molecular weight is 519 g/mol. The lowest BCUT2D eigenvalue weighted by molar-refractivity contribution is -0.142. The highest BCUT2D eigenvalue weighted by atomic mass is 79.9. The molecule has 1 N–H and O–H groups in total. The van der Waals surface area contributed by atoms with Crippen molar-refractivity contribution in [1.82, 2.24) is 10.2 Å². The second-order valence-corrected chi connectivity index (χ2v) is 10.2. The lowest BCUT2D eigenvalue weighted by Gasteiger charge is -2.29. The number of amides is 2. The summed E-state index contributed by atoms with van der Waals surface area (Å²) in [7, 11) is 1.60. The van der Waals surface area contributed by atoms with E-state index in [0.717, 1.165) is 21.3 Å². The Morgan fingerprint density at radius 3 is 2.21 bits per heavy atom. The minimum atomic E-state index is -0.655. The third kappa shape index (κ3) is 7.77. The maximum Gasteiger partial charge on any atom is 0.261 e. The summed E-state index contributed by atoms with van der Waals surface area (Å²) in [6.45, 7) is 12.0. The van der Waals surface area contributed by atoms with Crippen LogP contribution in [0, 0.1) is 0 Å². The monoisotopic (exact) mass is 518 g/mol. The Morgan fingerprint density at radius 1 is 1.06 bits per heavy atom. The molecule has 0 unspecified atom stereocenters. The molecule has 33 heavy (non-hydrogen) atoms. The number of methoxy groups -OCH3 is 1. The number of halogens is 1. The summed E-state index contributed by atoms with van der Waals surface area (Å²) in [5.74, 6) is 0.834. The minimum Gasteiger partial charge on any atom is -0.497 e. The Morgan fingerprint density at radius 2 is 1.70 bits per heavy atom. The van der Waals surface area contributed by atoms with E-state index < -0.39 is 6.04 Å². The number of nitrogens with zero attached hydrogens (tertiary/aromatic N) is 1. The van der Waals surface area contributed by atoms with Gasteiger partial charge in [0.25, 0.3) is 5.91 Å². The van der Waals surface area contributed by atoms with E-state index in [9.17, 15) is 9.59 Å². The molecular weight excluding hydrogens is 484 g/mol. The van der Waals surface area contributed by atoms with E-state index in [1.54, 1.807) is 14.0 Å². The Hall–Kier alpha value is -2.54. The van der Waals surface area contributed by atoms with Gasteiger partial charge in [0.15, 0.2) is 6.61 Å². The average Bonchev–Trinajstić information content (AvgIpc) is 2.75. The zero-order valence-corrected chi connectivity index (χ0v) is 22.2. The van der Waals surface area contributed by atoms with Gasteiger partial charge < -0.3 is 19.7 Å². The topological polar surface area (TPSA) is 67.9 Å². The maximum atomic E-state index is 13.2. The van der Waals surface area contributed by atoms with Crippen LogP contribution in [-0.2, 0) is 21.5 Å². The van der Waals surface area contributed by atoms with E-state index in [1.165, 1.54) is 4.90 Å². The fourth-order valence-electron chi connectivity index (χ4n) is 3.22. The van der Waals surface area contributed by atoms with E-state index in [-0.39, 0.29) is 36.4 Å².